The second-order valence-electron chi connectivity index (χ2n) is 7.90. The number of fused-ring (bicyclic) bond motifs is 1. The maximum absolute atomic E-state index is 16.2. The van der Waals surface area contributed by atoms with Gasteiger partial charge in [-0.25, -0.2) is 22.0 Å². The Bertz CT molecular complexity index is 1580. The normalized spacial score (nSPS) is 12.5. The molecule has 0 fully saturated rings. The lowest BCUT2D eigenvalue weighted by molar-refractivity contribution is 0.0524. The summed E-state index contributed by atoms with van der Waals surface area (Å²) in [6.45, 7) is 1.56. The third kappa shape index (κ3) is 4.46. The van der Waals surface area contributed by atoms with Gasteiger partial charge in [0.05, 0.1) is 17.5 Å². The second-order valence-corrected chi connectivity index (χ2v) is 10.0. The average molecular weight is 498 g/mol. The molecule has 9 heteroatoms. The molecule has 0 saturated heterocycles. The van der Waals surface area contributed by atoms with Crippen LogP contribution in [0.3, 0.4) is 0 Å². The van der Waals surface area contributed by atoms with Crippen LogP contribution in [0.2, 0.25) is 0 Å². The van der Waals surface area contributed by atoms with Crippen LogP contribution < -0.4 is 5.43 Å². The molecule has 0 aliphatic heterocycles. The molecule has 0 N–H and O–H groups in total. The number of benzene rings is 3. The van der Waals surface area contributed by atoms with Gasteiger partial charge in [-0.2, -0.15) is 0 Å². The number of sulfone groups is 1. The summed E-state index contributed by atoms with van der Waals surface area (Å²) >= 11 is 0. The predicted octanol–water partition coefficient (Wildman–Crippen LogP) is 4.58. The summed E-state index contributed by atoms with van der Waals surface area (Å²) in [6, 6.07) is 16.7. The largest absolute Gasteiger partial charge is 0.462 e. The quantitative estimate of drug-likeness (QED) is 0.364. The minimum absolute atomic E-state index is 0.00355. The Labute approximate surface area is 200 Å². The molecule has 1 heterocycles. The van der Waals surface area contributed by atoms with Crippen molar-refractivity contribution in [2.24, 2.45) is 0 Å². The number of halogens is 2. The molecule has 4 aromatic rings. The molecule has 180 valence electrons. The van der Waals surface area contributed by atoms with Gasteiger partial charge in [0.15, 0.2) is 15.7 Å². The van der Waals surface area contributed by atoms with Gasteiger partial charge in [0.1, 0.15) is 16.6 Å². The Morgan fingerprint density at radius 1 is 1.03 bits per heavy atom. The fourth-order valence-corrected chi connectivity index (χ4v) is 5.37. The molecule has 1 aromatic heterocycles. The highest BCUT2D eigenvalue weighted by molar-refractivity contribution is 7.91. The molecule has 1 unspecified atom stereocenters. The van der Waals surface area contributed by atoms with Gasteiger partial charge in [0.2, 0.25) is 5.43 Å². The maximum atomic E-state index is 16.2. The number of hydrogen-bond donors (Lipinski definition) is 0. The number of para-hydroxylation sites is 1. The summed E-state index contributed by atoms with van der Waals surface area (Å²) < 4.78 is 63.4. The zero-order chi connectivity index (χ0) is 25.3. The molecule has 0 amide bonds. The van der Waals surface area contributed by atoms with Crippen LogP contribution in [0.1, 0.15) is 33.7 Å². The SMILES string of the molecule is CCOC(=O)c1cn(-c2ccccc2)c2c(F)c(C(c3ccccc3)S(C)(=O)=O)c(F)cc2c1=O. The summed E-state index contributed by atoms with van der Waals surface area (Å²) in [5.41, 5.74) is -1.85. The van der Waals surface area contributed by atoms with Gasteiger partial charge in [-0.15, -0.1) is 0 Å². The first-order valence-electron chi connectivity index (χ1n) is 10.7. The van der Waals surface area contributed by atoms with Gasteiger partial charge in [-0.1, -0.05) is 48.5 Å². The summed E-state index contributed by atoms with van der Waals surface area (Å²) in [4.78, 5) is 25.6. The minimum Gasteiger partial charge on any atom is -0.462 e. The molecule has 4 rings (SSSR count). The number of carbonyl (C=O) groups excluding carboxylic acids is 1. The number of aromatic nitrogens is 1. The lowest BCUT2D eigenvalue weighted by Crippen LogP contribution is -2.23. The van der Waals surface area contributed by atoms with Crippen LogP contribution in [0, 0.1) is 11.6 Å². The van der Waals surface area contributed by atoms with E-state index in [1.807, 2.05) is 0 Å². The zero-order valence-corrected chi connectivity index (χ0v) is 19.7. The van der Waals surface area contributed by atoms with Gasteiger partial charge in [0.25, 0.3) is 0 Å². The lowest BCUT2D eigenvalue weighted by Gasteiger charge is -2.21. The van der Waals surface area contributed by atoms with Crippen molar-refractivity contribution >= 4 is 26.7 Å². The van der Waals surface area contributed by atoms with Crippen molar-refractivity contribution in [2.45, 2.75) is 12.2 Å². The van der Waals surface area contributed by atoms with E-state index in [2.05, 4.69) is 0 Å². The Hall–Kier alpha value is -3.85. The van der Waals surface area contributed by atoms with E-state index in [9.17, 15) is 18.0 Å². The molecule has 0 bridgehead atoms. The molecular weight excluding hydrogens is 476 g/mol. The molecule has 35 heavy (non-hydrogen) atoms. The summed E-state index contributed by atoms with van der Waals surface area (Å²) in [5, 5.41) is -2.07. The van der Waals surface area contributed by atoms with Gasteiger partial charge >= 0.3 is 5.97 Å². The highest BCUT2D eigenvalue weighted by atomic mass is 32.2. The Morgan fingerprint density at radius 3 is 2.20 bits per heavy atom. The molecular formula is C26H21F2NO5S. The first kappa shape index (κ1) is 24.3. The molecule has 0 radical (unpaired) electrons. The van der Waals surface area contributed by atoms with Crippen LogP contribution in [-0.4, -0.2) is 31.8 Å². The van der Waals surface area contributed by atoms with Crippen LogP contribution in [0.15, 0.2) is 77.7 Å². The molecule has 0 aliphatic carbocycles. The molecule has 6 nitrogen and oxygen atoms in total. The Kier molecular flexibility index (Phi) is 6.53. The molecule has 0 saturated carbocycles. The summed E-state index contributed by atoms with van der Waals surface area (Å²) in [7, 11) is -4.04. The van der Waals surface area contributed by atoms with Crippen LogP contribution in [-0.2, 0) is 14.6 Å². The van der Waals surface area contributed by atoms with E-state index in [0.717, 1.165) is 18.5 Å². The van der Waals surface area contributed by atoms with E-state index in [-0.39, 0.29) is 17.7 Å². The molecule has 0 spiro atoms. The third-order valence-electron chi connectivity index (χ3n) is 5.54. The average Bonchev–Trinajstić information content (AvgIpc) is 2.82. The van der Waals surface area contributed by atoms with Crippen molar-refractivity contribution < 1.29 is 26.7 Å². The second kappa shape index (κ2) is 9.42. The van der Waals surface area contributed by atoms with Gasteiger partial charge in [-0.05, 0) is 30.7 Å². The minimum atomic E-state index is -4.04. The topological polar surface area (TPSA) is 82.4 Å². The highest BCUT2D eigenvalue weighted by Gasteiger charge is 2.33. The van der Waals surface area contributed by atoms with E-state index in [0.29, 0.717) is 5.69 Å². The van der Waals surface area contributed by atoms with Gasteiger partial charge < -0.3 is 9.30 Å². The van der Waals surface area contributed by atoms with E-state index in [1.54, 1.807) is 55.5 Å². The standard InChI is InChI=1S/C26H21F2NO5S/c1-3-34-26(31)19-15-29(17-12-8-5-9-13-17)23-18(24(19)30)14-20(27)21(22(23)28)25(35(2,32)33)16-10-6-4-7-11-16/h4-15,25H,3H2,1-2H3. The number of hydrogen-bond acceptors (Lipinski definition) is 5. The molecule has 0 aliphatic rings. The highest BCUT2D eigenvalue weighted by Crippen LogP contribution is 2.36. The lowest BCUT2D eigenvalue weighted by atomic mass is 9.99. The fraction of sp³-hybridized carbons (Fsp3) is 0.154. The predicted molar refractivity (Wildman–Crippen MR) is 129 cm³/mol. The zero-order valence-electron chi connectivity index (χ0n) is 18.9. The van der Waals surface area contributed by atoms with Crippen molar-refractivity contribution in [3.05, 3.63) is 111 Å². The monoisotopic (exact) mass is 497 g/mol. The smallest absolute Gasteiger partial charge is 0.343 e. The number of carbonyl (C=O) groups is 1. The number of ether oxygens (including phenoxy) is 1. The van der Waals surface area contributed by atoms with Gasteiger partial charge in [-0.3, -0.25) is 4.79 Å². The van der Waals surface area contributed by atoms with Crippen molar-refractivity contribution in [1.29, 1.82) is 0 Å². The summed E-state index contributed by atoms with van der Waals surface area (Å²) in [6.07, 6.45) is 2.02. The first-order chi connectivity index (χ1) is 16.6. The van der Waals surface area contributed by atoms with Crippen LogP contribution >= 0.6 is 0 Å². The van der Waals surface area contributed by atoms with E-state index in [1.165, 1.54) is 16.7 Å². The molecule has 3 aromatic carbocycles. The first-order valence-corrected chi connectivity index (χ1v) is 12.6. The number of nitrogens with zero attached hydrogens (tertiary/aromatic N) is 1. The fourth-order valence-electron chi connectivity index (χ4n) is 4.07. The van der Waals surface area contributed by atoms with Crippen molar-refractivity contribution in [1.82, 2.24) is 4.57 Å². The Balaban J connectivity index is 2.15. The third-order valence-corrected chi connectivity index (χ3v) is 6.90. The van der Waals surface area contributed by atoms with Crippen LogP contribution in [0.4, 0.5) is 8.78 Å². The van der Waals surface area contributed by atoms with Crippen LogP contribution in [0.5, 0.6) is 0 Å². The van der Waals surface area contributed by atoms with E-state index >= 15 is 8.78 Å². The number of esters is 1. The van der Waals surface area contributed by atoms with Crippen molar-refractivity contribution in [3.8, 4) is 5.69 Å². The van der Waals surface area contributed by atoms with Crippen molar-refractivity contribution in [2.75, 3.05) is 12.9 Å². The number of rotatable bonds is 6. The Morgan fingerprint density at radius 2 is 1.63 bits per heavy atom. The maximum Gasteiger partial charge on any atom is 0.343 e. The van der Waals surface area contributed by atoms with Crippen LogP contribution in [0.25, 0.3) is 16.6 Å². The van der Waals surface area contributed by atoms with E-state index < -0.39 is 54.6 Å². The summed E-state index contributed by atoms with van der Waals surface area (Å²) in [5.74, 6) is -3.37. The van der Waals surface area contributed by atoms with Gasteiger partial charge in [0, 0.05) is 23.7 Å². The van der Waals surface area contributed by atoms with Crippen molar-refractivity contribution in [3.63, 3.8) is 0 Å². The molecule has 1 atom stereocenters. The van der Waals surface area contributed by atoms with E-state index in [4.69, 9.17) is 4.74 Å². The number of pyridine rings is 1.